The summed E-state index contributed by atoms with van der Waals surface area (Å²) in [6, 6.07) is 6.54. The lowest BCUT2D eigenvalue weighted by molar-refractivity contribution is -0.116. The van der Waals surface area contributed by atoms with Crippen molar-refractivity contribution in [1.82, 2.24) is 0 Å². The van der Waals surface area contributed by atoms with E-state index in [0.29, 0.717) is 6.42 Å². The lowest BCUT2D eigenvalue weighted by Crippen LogP contribution is -2.18. The van der Waals surface area contributed by atoms with Gasteiger partial charge in [0.05, 0.1) is 0 Å². The molecule has 1 aliphatic heterocycles. The summed E-state index contributed by atoms with van der Waals surface area (Å²) in [5.41, 5.74) is 3.73. The molecule has 1 heterocycles. The summed E-state index contributed by atoms with van der Waals surface area (Å²) >= 11 is 0. The van der Waals surface area contributed by atoms with Gasteiger partial charge in [0.15, 0.2) is 0 Å². The van der Waals surface area contributed by atoms with E-state index in [0.717, 1.165) is 18.0 Å². The number of aryl methyl sites for hydroxylation is 1. The maximum Gasteiger partial charge on any atom is 0.224 e. The fraction of sp³-hybridized carbons (Fsp3) is 0.417. The third-order valence-corrected chi connectivity index (χ3v) is 3.08. The lowest BCUT2D eigenvalue weighted by Gasteiger charge is -2.17. The number of benzene rings is 1. The zero-order valence-corrected chi connectivity index (χ0v) is 8.05. The minimum Gasteiger partial charge on any atom is -0.326 e. The van der Waals surface area contributed by atoms with E-state index < -0.39 is 0 Å². The summed E-state index contributed by atoms with van der Waals surface area (Å²) in [5.74, 6) is 0.921. The molecule has 0 atom stereocenters. The number of anilines is 1. The first-order valence-electron chi connectivity index (χ1n) is 5.25. The SMILES string of the molecule is O=C1CCc2ccc(C3CC3)cc2N1. The number of nitrogens with one attached hydrogen (secondary N) is 1. The normalized spacial score (nSPS) is 20.1. The molecule has 1 aliphatic carbocycles. The number of amides is 1. The van der Waals surface area contributed by atoms with Crippen molar-refractivity contribution in [3.63, 3.8) is 0 Å². The van der Waals surface area contributed by atoms with Gasteiger partial charge in [-0.25, -0.2) is 0 Å². The van der Waals surface area contributed by atoms with Crippen LogP contribution in [-0.2, 0) is 11.2 Å². The number of rotatable bonds is 1. The molecule has 0 bridgehead atoms. The molecule has 2 aliphatic rings. The van der Waals surface area contributed by atoms with Crippen LogP contribution < -0.4 is 5.32 Å². The van der Waals surface area contributed by atoms with Gasteiger partial charge in [0.25, 0.3) is 0 Å². The predicted octanol–water partition coefficient (Wildman–Crippen LogP) is 2.45. The number of hydrogen-bond donors (Lipinski definition) is 1. The Labute approximate surface area is 83.3 Å². The van der Waals surface area contributed by atoms with Gasteiger partial charge < -0.3 is 5.32 Å². The Morgan fingerprint density at radius 3 is 2.86 bits per heavy atom. The molecule has 0 aromatic heterocycles. The summed E-state index contributed by atoms with van der Waals surface area (Å²) in [6.07, 6.45) is 4.15. The molecule has 2 heteroatoms. The van der Waals surface area contributed by atoms with Crippen LogP contribution in [0, 0.1) is 0 Å². The van der Waals surface area contributed by atoms with Gasteiger partial charge >= 0.3 is 0 Å². The van der Waals surface area contributed by atoms with Crippen LogP contribution in [0.5, 0.6) is 0 Å². The molecule has 3 rings (SSSR count). The summed E-state index contributed by atoms with van der Waals surface area (Å²) in [7, 11) is 0. The average Bonchev–Trinajstić information content (AvgIpc) is 3.00. The van der Waals surface area contributed by atoms with Gasteiger partial charge in [0.2, 0.25) is 5.91 Å². The molecule has 1 aromatic rings. The van der Waals surface area contributed by atoms with Gasteiger partial charge in [-0.3, -0.25) is 4.79 Å². The van der Waals surface area contributed by atoms with Gasteiger partial charge in [0.1, 0.15) is 0 Å². The van der Waals surface area contributed by atoms with Crippen LogP contribution in [0.2, 0.25) is 0 Å². The van der Waals surface area contributed by atoms with E-state index >= 15 is 0 Å². The Hall–Kier alpha value is -1.31. The Kier molecular flexibility index (Phi) is 1.63. The van der Waals surface area contributed by atoms with Crippen LogP contribution >= 0.6 is 0 Å². The van der Waals surface area contributed by atoms with Crippen LogP contribution in [0.1, 0.15) is 36.3 Å². The molecular formula is C12H13NO. The van der Waals surface area contributed by atoms with Gasteiger partial charge in [-0.1, -0.05) is 12.1 Å². The molecule has 1 N–H and O–H groups in total. The molecule has 1 fully saturated rings. The van der Waals surface area contributed by atoms with Crippen LogP contribution in [-0.4, -0.2) is 5.91 Å². The van der Waals surface area contributed by atoms with Gasteiger partial charge in [0, 0.05) is 12.1 Å². The summed E-state index contributed by atoms with van der Waals surface area (Å²) < 4.78 is 0. The second-order valence-electron chi connectivity index (χ2n) is 4.24. The highest BCUT2D eigenvalue weighted by atomic mass is 16.1. The van der Waals surface area contributed by atoms with E-state index in [9.17, 15) is 4.79 Å². The quantitative estimate of drug-likeness (QED) is 0.718. The molecule has 72 valence electrons. The standard InChI is InChI=1S/C12H13NO/c14-12-6-5-9-3-4-10(8-1-2-8)7-11(9)13-12/h3-4,7-8H,1-2,5-6H2,(H,13,14). The predicted molar refractivity (Wildman–Crippen MR) is 55.4 cm³/mol. The second-order valence-corrected chi connectivity index (χ2v) is 4.24. The van der Waals surface area contributed by atoms with Crippen molar-refractivity contribution in [3.05, 3.63) is 29.3 Å². The summed E-state index contributed by atoms with van der Waals surface area (Å²) in [4.78, 5) is 11.2. The number of fused-ring (bicyclic) bond motifs is 1. The van der Waals surface area contributed by atoms with Crippen molar-refractivity contribution in [2.45, 2.75) is 31.6 Å². The lowest BCUT2D eigenvalue weighted by atomic mass is 9.99. The molecular weight excluding hydrogens is 174 g/mol. The van der Waals surface area contributed by atoms with E-state index in [4.69, 9.17) is 0 Å². The van der Waals surface area contributed by atoms with E-state index in [1.165, 1.54) is 24.0 Å². The Balaban J connectivity index is 1.99. The molecule has 0 unspecified atom stereocenters. The van der Waals surface area contributed by atoms with Gasteiger partial charge in [-0.2, -0.15) is 0 Å². The van der Waals surface area contributed by atoms with E-state index in [1.54, 1.807) is 0 Å². The smallest absolute Gasteiger partial charge is 0.224 e. The topological polar surface area (TPSA) is 29.1 Å². The highest BCUT2D eigenvalue weighted by molar-refractivity contribution is 5.94. The van der Waals surface area contributed by atoms with Crippen molar-refractivity contribution >= 4 is 11.6 Å². The van der Waals surface area contributed by atoms with Crippen LogP contribution in [0.4, 0.5) is 5.69 Å². The summed E-state index contributed by atoms with van der Waals surface area (Å²) in [5, 5.41) is 2.94. The highest BCUT2D eigenvalue weighted by Gasteiger charge is 2.25. The molecule has 1 saturated carbocycles. The van der Waals surface area contributed by atoms with Crippen molar-refractivity contribution in [2.75, 3.05) is 5.32 Å². The Bertz CT molecular complexity index is 393. The molecule has 0 saturated heterocycles. The maximum atomic E-state index is 11.2. The second kappa shape index (κ2) is 2.84. The van der Waals surface area contributed by atoms with E-state index in [2.05, 4.69) is 23.5 Å². The van der Waals surface area contributed by atoms with Gasteiger partial charge in [-0.05, 0) is 42.4 Å². The third kappa shape index (κ3) is 1.31. The van der Waals surface area contributed by atoms with Crippen LogP contribution in [0.3, 0.4) is 0 Å². The zero-order valence-electron chi connectivity index (χ0n) is 8.05. The third-order valence-electron chi connectivity index (χ3n) is 3.08. The number of carbonyl (C=O) groups excluding carboxylic acids is 1. The van der Waals surface area contributed by atoms with E-state index in [-0.39, 0.29) is 5.91 Å². The Morgan fingerprint density at radius 1 is 1.21 bits per heavy atom. The highest BCUT2D eigenvalue weighted by Crippen LogP contribution is 2.41. The minimum absolute atomic E-state index is 0.158. The first kappa shape index (κ1) is 8.04. The van der Waals surface area contributed by atoms with E-state index in [1.807, 2.05) is 0 Å². The number of carbonyl (C=O) groups is 1. The molecule has 0 spiro atoms. The van der Waals surface area contributed by atoms with Crippen molar-refractivity contribution in [1.29, 1.82) is 0 Å². The van der Waals surface area contributed by atoms with Crippen LogP contribution in [0.15, 0.2) is 18.2 Å². The fourth-order valence-electron chi connectivity index (χ4n) is 2.06. The van der Waals surface area contributed by atoms with Crippen molar-refractivity contribution in [2.24, 2.45) is 0 Å². The molecule has 1 amide bonds. The largest absolute Gasteiger partial charge is 0.326 e. The summed E-state index contributed by atoms with van der Waals surface area (Å²) in [6.45, 7) is 0. The molecule has 2 nitrogen and oxygen atoms in total. The first-order valence-corrected chi connectivity index (χ1v) is 5.25. The monoisotopic (exact) mass is 187 g/mol. The van der Waals surface area contributed by atoms with Crippen LogP contribution in [0.25, 0.3) is 0 Å². The molecule has 0 radical (unpaired) electrons. The fourth-order valence-corrected chi connectivity index (χ4v) is 2.06. The Morgan fingerprint density at radius 2 is 2.07 bits per heavy atom. The maximum absolute atomic E-state index is 11.2. The first-order chi connectivity index (χ1) is 6.83. The van der Waals surface area contributed by atoms with Gasteiger partial charge in [-0.15, -0.1) is 0 Å². The van der Waals surface area contributed by atoms with Crippen molar-refractivity contribution in [3.8, 4) is 0 Å². The van der Waals surface area contributed by atoms with Crippen molar-refractivity contribution < 1.29 is 4.79 Å². The average molecular weight is 187 g/mol. The minimum atomic E-state index is 0.158. The molecule has 1 aromatic carbocycles. The molecule has 14 heavy (non-hydrogen) atoms. The number of hydrogen-bond acceptors (Lipinski definition) is 1. The zero-order chi connectivity index (χ0) is 9.54.